The van der Waals surface area contributed by atoms with Gasteiger partial charge in [0, 0.05) is 0 Å². The summed E-state index contributed by atoms with van der Waals surface area (Å²) in [6, 6.07) is 2.93. The maximum Gasteiger partial charge on any atom is 0.416 e. The number of nitrogens with zero attached hydrogens (tertiary/aromatic N) is 3. The van der Waals surface area contributed by atoms with Crippen LogP contribution < -0.4 is 0 Å². The first-order chi connectivity index (χ1) is 7.89. The van der Waals surface area contributed by atoms with Crippen molar-refractivity contribution in [3.05, 3.63) is 40.4 Å². The van der Waals surface area contributed by atoms with Crippen molar-refractivity contribution in [2.24, 2.45) is 0 Å². The highest BCUT2D eigenvalue weighted by molar-refractivity contribution is 6.33. The molecule has 1 aromatic carbocycles. The summed E-state index contributed by atoms with van der Waals surface area (Å²) in [7, 11) is 0. The van der Waals surface area contributed by atoms with Crippen LogP contribution in [-0.2, 0) is 6.18 Å². The molecule has 0 aliphatic heterocycles. The van der Waals surface area contributed by atoms with Crippen LogP contribution in [0.15, 0.2) is 24.5 Å². The summed E-state index contributed by atoms with van der Waals surface area (Å²) >= 11 is 11.5. The van der Waals surface area contributed by atoms with Gasteiger partial charge in [-0.3, -0.25) is 4.57 Å². The molecule has 0 aliphatic rings. The van der Waals surface area contributed by atoms with Gasteiger partial charge >= 0.3 is 6.18 Å². The molecule has 2 rings (SSSR count). The van der Waals surface area contributed by atoms with E-state index in [2.05, 4.69) is 10.2 Å². The lowest BCUT2D eigenvalue weighted by Crippen LogP contribution is -2.06. The molecule has 0 amide bonds. The molecular weight excluding hydrogens is 278 g/mol. The van der Waals surface area contributed by atoms with E-state index in [0.29, 0.717) is 0 Å². The van der Waals surface area contributed by atoms with E-state index < -0.39 is 11.7 Å². The van der Waals surface area contributed by atoms with Crippen LogP contribution >= 0.6 is 23.2 Å². The Bertz CT molecular complexity index is 551. The fourth-order valence-electron chi connectivity index (χ4n) is 1.26. The molecule has 2 aromatic rings. The molecule has 0 bridgehead atoms. The normalized spacial score (nSPS) is 11.8. The maximum atomic E-state index is 12.5. The molecule has 0 N–H and O–H groups in total. The Morgan fingerprint density at radius 2 is 1.88 bits per heavy atom. The fraction of sp³-hybridized carbons (Fsp3) is 0.111. The predicted octanol–water partition coefficient (Wildman–Crippen LogP) is 3.59. The smallest absolute Gasteiger partial charge is 0.271 e. The molecule has 0 radical (unpaired) electrons. The lowest BCUT2D eigenvalue weighted by molar-refractivity contribution is -0.137. The van der Waals surface area contributed by atoms with E-state index in [4.69, 9.17) is 23.2 Å². The van der Waals surface area contributed by atoms with E-state index in [-0.39, 0.29) is 16.0 Å². The van der Waals surface area contributed by atoms with Gasteiger partial charge in [0.15, 0.2) is 0 Å². The monoisotopic (exact) mass is 281 g/mol. The molecule has 0 saturated heterocycles. The third-order valence-electron chi connectivity index (χ3n) is 2.04. The second-order valence-corrected chi connectivity index (χ2v) is 3.88. The minimum atomic E-state index is -4.44. The number of aromatic nitrogens is 3. The van der Waals surface area contributed by atoms with E-state index in [1.54, 1.807) is 0 Å². The third kappa shape index (κ3) is 2.37. The highest BCUT2D eigenvalue weighted by Crippen LogP contribution is 2.33. The Hall–Kier alpha value is -1.27. The molecule has 0 atom stereocenters. The lowest BCUT2D eigenvalue weighted by atomic mass is 10.2. The van der Waals surface area contributed by atoms with Crippen LogP contribution in [-0.4, -0.2) is 14.8 Å². The van der Waals surface area contributed by atoms with Gasteiger partial charge in [-0.15, -0.1) is 10.2 Å². The van der Waals surface area contributed by atoms with Gasteiger partial charge in [-0.1, -0.05) is 11.6 Å². The van der Waals surface area contributed by atoms with E-state index in [1.165, 1.54) is 10.9 Å². The first kappa shape index (κ1) is 12.2. The second kappa shape index (κ2) is 4.19. The summed E-state index contributed by atoms with van der Waals surface area (Å²) in [6.45, 7) is 0. The van der Waals surface area contributed by atoms with Crippen LogP contribution in [0, 0.1) is 0 Å². The molecule has 3 nitrogen and oxygen atoms in total. The zero-order chi connectivity index (χ0) is 12.6. The molecule has 0 spiro atoms. The van der Waals surface area contributed by atoms with Crippen molar-refractivity contribution in [2.75, 3.05) is 0 Å². The van der Waals surface area contributed by atoms with Crippen molar-refractivity contribution in [1.29, 1.82) is 0 Å². The Balaban J connectivity index is 2.58. The van der Waals surface area contributed by atoms with Crippen molar-refractivity contribution < 1.29 is 13.2 Å². The van der Waals surface area contributed by atoms with Crippen LogP contribution in [0.4, 0.5) is 13.2 Å². The minimum absolute atomic E-state index is 0.0637. The zero-order valence-corrected chi connectivity index (χ0v) is 9.55. The van der Waals surface area contributed by atoms with E-state index >= 15 is 0 Å². The molecule has 1 heterocycles. The fourth-order valence-corrected chi connectivity index (χ4v) is 1.64. The third-order valence-corrected chi connectivity index (χ3v) is 2.62. The molecule has 8 heteroatoms. The molecule has 90 valence electrons. The zero-order valence-electron chi connectivity index (χ0n) is 8.04. The largest absolute Gasteiger partial charge is 0.416 e. The van der Waals surface area contributed by atoms with Gasteiger partial charge in [-0.05, 0) is 29.8 Å². The van der Waals surface area contributed by atoms with E-state index in [9.17, 15) is 13.2 Å². The Labute approximate surface area is 104 Å². The summed E-state index contributed by atoms with van der Waals surface area (Å²) in [5.74, 6) is 0. The van der Waals surface area contributed by atoms with Gasteiger partial charge in [-0.2, -0.15) is 13.2 Å². The van der Waals surface area contributed by atoms with Gasteiger partial charge in [0.1, 0.15) is 6.33 Å². The standard InChI is InChI=1S/C9H4Cl2F3N3/c10-6-2-1-5(9(12,13)14)3-7(6)17-4-15-16-8(17)11/h1-4H. The van der Waals surface area contributed by atoms with Crippen molar-refractivity contribution in [3.63, 3.8) is 0 Å². The van der Waals surface area contributed by atoms with Crippen LogP contribution in [0.2, 0.25) is 10.3 Å². The van der Waals surface area contributed by atoms with Gasteiger partial charge in [0.25, 0.3) is 0 Å². The van der Waals surface area contributed by atoms with Crippen molar-refractivity contribution in [2.45, 2.75) is 6.18 Å². The number of alkyl halides is 3. The number of benzene rings is 1. The van der Waals surface area contributed by atoms with Crippen LogP contribution in [0.25, 0.3) is 5.69 Å². The van der Waals surface area contributed by atoms with Gasteiger partial charge in [-0.25, -0.2) is 0 Å². The highest BCUT2D eigenvalue weighted by atomic mass is 35.5. The minimum Gasteiger partial charge on any atom is -0.271 e. The van der Waals surface area contributed by atoms with Crippen molar-refractivity contribution in [3.8, 4) is 5.69 Å². The van der Waals surface area contributed by atoms with Crippen LogP contribution in [0.5, 0.6) is 0 Å². The van der Waals surface area contributed by atoms with Gasteiger partial charge in [0.2, 0.25) is 5.28 Å². The first-order valence-corrected chi connectivity index (χ1v) is 5.08. The van der Waals surface area contributed by atoms with Crippen LogP contribution in [0.1, 0.15) is 5.56 Å². The summed E-state index contributed by atoms with van der Waals surface area (Å²) in [4.78, 5) is 0. The average Bonchev–Trinajstić information content (AvgIpc) is 2.63. The molecule has 0 aliphatic carbocycles. The number of halogens is 5. The quantitative estimate of drug-likeness (QED) is 0.800. The van der Waals surface area contributed by atoms with E-state index in [1.807, 2.05) is 0 Å². The molecular formula is C9H4Cl2F3N3. The van der Waals surface area contributed by atoms with Crippen LogP contribution in [0.3, 0.4) is 0 Å². The maximum absolute atomic E-state index is 12.5. The lowest BCUT2D eigenvalue weighted by Gasteiger charge is -2.10. The summed E-state index contributed by atoms with van der Waals surface area (Å²) in [5, 5.41) is 7.00. The molecule has 0 unspecified atom stereocenters. The molecule has 1 aromatic heterocycles. The summed E-state index contributed by atoms with van der Waals surface area (Å²) < 4.78 is 38.7. The second-order valence-electron chi connectivity index (χ2n) is 3.13. The number of hydrogen-bond acceptors (Lipinski definition) is 2. The average molecular weight is 282 g/mol. The first-order valence-electron chi connectivity index (χ1n) is 4.32. The van der Waals surface area contributed by atoms with E-state index in [0.717, 1.165) is 18.2 Å². The Morgan fingerprint density at radius 3 is 2.41 bits per heavy atom. The topological polar surface area (TPSA) is 30.7 Å². The molecule has 0 fully saturated rings. The van der Waals surface area contributed by atoms with Gasteiger partial charge in [0.05, 0.1) is 16.3 Å². The SMILES string of the molecule is FC(F)(F)c1ccc(Cl)c(-n2cnnc2Cl)c1. The molecule has 17 heavy (non-hydrogen) atoms. The summed E-state index contributed by atoms with van der Waals surface area (Å²) in [6.07, 6.45) is -3.26. The Kier molecular flexibility index (Phi) is 3.01. The molecule has 0 saturated carbocycles. The predicted molar refractivity (Wildman–Crippen MR) is 56.4 cm³/mol. The highest BCUT2D eigenvalue weighted by Gasteiger charge is 2.31. The number of hydrogen-bond donors (Lipinski definition) is 0. The number of rotatable bonds is 1. The van der Waals surface area contributed by atoms with Crippen molar-refractivity contribution in [1.82, 2.24) is 14.8 Å². The summed E-state index contributed by atoms with van der Waals surface area (Å²) in [5.41, 5.74) is -0.738. The Morgan fingerprint density at radius 1 is 1.18 bits per heavy atom. The van der Waals surface area contributed by atoms with Crippen molar-refractivity contribution >= 4 is 23.2 Å². The van der Waals surface area contributed by atoms with Gasteiger partial charge < -0.3 is 0 Å².